The molecule has 312 valence electrons. The van der Waals surface area contributed by atoms with E-state index in [0.717, 1.165) is 0 Å². The normalized spacial score (nSPS) is 25.4. The van der Waals surface area contributed by atoms with E-state index in [4.69, 9.17) is 43.8 Å². The number of nitriles is 1. The summed E-state index contributed by atoms with van der Waals surface area (Å²) in [6.45, 7) is 8.81. The Morgan fingerprint density at radius 2 is 2.02 bits per heavy atom. The Bertz CT molecular complexity index is 2030. The van der Waals surface area contributed by atoms with E-state index < -0.39 is 84.0 Å². The lowest BCUT2D eigenvalue weighted by Crippen LogP contribution is -2.50. The molecule has 20 nitrogen and oxygen atoms in total. The zero-order valence-electron chi connectivity index (χ0n) is 32.6. The van der Waals surface area contributed by atoms with E-state index in [9.17, 15) is 29.4 Å². The maximum atomic E-state index is 13.2. The van der Waals surface area contributed by atoms with Gasteiger partial charge in [-0.25, -0.2) is 15.0 Å². The molecule has 0 bridgehead atoms. The van der Waals surface area contributed by atoms with E-state index in [-0.39, 0.29) is 54.1 Å². The van der Waals surface area contributed by atoms with Crippen LogP contribution in [0.2, 0.25) is 18.1 Å². The van der Waals surface area contributed by atoms with Gasteiger partial charge in [-0.2, -0.15) is 10.2 Å². The fourth-order valence-corrected chi connectivity index (χ4v) is 9.91. The van der Waals surface area contributed by atoms with Gasteiger partial charge in [0.2, 0.25) is 17.7 Å². The van der Waals surface area contributed by atoms with Gasteiger partial charge in [0, 0.05) is 35.1 Å². The molecule has 3 aromatic rings. The predicted octanol–water partition coefficient (Wildman–Crippen LogP) is 4.23. The van der Waals surface area contributed by atoms with Crippen molar-refractivity contribution in [1.82, 2.24) is 29.5 Å². The molecule has 0 spiro atoms. The number of imidazole rings is 1. The van der Waals surface area contributed by atoms with Gasteiger partial charge in [-0.1, -0.05) is 34.6 Å². The van der Waals surface area contributed by atoms with Crippen molar-refractivity contribution in [2.24, 2.45) is 11.8 Å². The van der Waals surface area contributed by atoms with Gasteiger partial charge in [0.05, 0.1) is 38.6 Å². The van der Waals surface area contributed by atoms with Gasteiger partial charge in [0.15, 0.2) is 25.7 Å². The van der Waals surface area contributed by atoms with Crippen molar-refractivity contribution in [2.45, 2.75) is 109 Å². The maximum absolute atomic E-state index is 13.2. The third kappa shape index (κ3) is 11.1. The number of ether oxygens (including phenoxy) is 2. The fourth-order valence-electron chi connectivity index (χ4n) is 5.99. The van der Waals surface area contributed by atoms with E-state index in [1.54, 1.807) is 19.9 Å². The van der Waals surface area contributed by atoms with Gasteiger partial charge >= 0.3 is 15.0 Å². The van der Waals surface area contributed by atoms with Crippen molar-refractivity contribution in [3.05, 3.63) is 35.3 Å². The van der Waals surface area contributed by atoms with Crippen molar-refractivity contribution in [3.63, 3.8) is 0 Å². The smallest absolute Gasteiger partial charge is 0.474 e. The number of H-pyrrole nitrogens is 1. The molecular formula is C33H49N8O12P2SSi+. The van der Waals surface area contributed by atoms with Gasteiger partial charge in [-0.3, -0.25) is 29.0 Å². The number of fused-ring (bicyclic) bond motifs is 1. The molecule has 1 amide bonds. The average molecular weight is 872 g/mol. The van der Waals surface area contributed by atoms with Crippen LogP contribution in [0.25, 0.3) is 11.2 Å². The largest absolute Gasteiger partial charge is 0.695 e. The summed E-state index contributed by atoms with van der Waals surface area (Å²) in [5.41, 5.74) is -0.669. The summed E-state index contributed by atoms with van der Waals surface area (Å²) in [7, 11) is -5.63. The number of anilines is 1. The lowest BCUT2D eigenvalue weighted by molar-refractivity contribution is -0.118. The van der Waals surface area contributed by atoms with Crippen LogP contribution in [0.4, 0.5) is 5.95 Å². The molecule has 0 aromatic carbocycles. The van der Waals surface area contributed by atoms with Crippen molar-refractivity contribution in [1.29, 1.82) is 5.26 Å². The average Bonchev–Trinajstić information content (AvgIpc) is 3.82. The number of carbonyl (C=O) groups is 1. The minimum Gasteiger partial charge on any atom is -0.474 e. The lowest BCUT2D eigenvalue weighted by atomic mass is 10.1. The SMILES string of the molecule is CC(C)C(=O)Nc1nc2c(ncn2[C@@H]2O[C@H](CO)[C@@H](O[Si](C)(C)C(C)(C)C)[C@H]2O[P@](=S)(OCCC#N)OC[C@H]2C[C@@H](Oc3ccncn3)C[C@@H]2O[P+](=O)O)c(=O)[nH]1. The number of aromatic nitrogens is 6. The number of hydrogen-bond acceptors (Lipinski definition) is 17. The molecule has 1 unspecified atom stereocenters. The molecule has 2 aliphatic rings. The number of aliphatic hydroxyl groups is 1. The van der Waals surface area contributed by atoms with Crippen LogP contribution >= 0.6 is 15.0 Å². The molecule has 24 heteroatoms. The first-order valence-corrected chi connectivity index (χ1v) is 24.9. The van der Waals surface area contributed by atoms with Gasteiger partial charge < -0.3 is 28.1 Å². The second-order valence-electron chi connectivity index (χ2n) is 15.4. The molecule has 57 heavy (non-hydrogen) atoms. The van der Waals surface area contributed by atoms with E-state index in [2.05, 4.69) is 30.2 Å². The van der Waals surface area contributed by atoms with Crippen molar-refractivity contribution < 1.29 is 51.4 Å². The number of aromatic amines is 1. The summed E-state index contributed by atoms with van der Waals surface area (Å²) in [4.78, 5) is 54.7. The van der Waals surface area contributed by atoms with Gasteiger partial charge in [-0.05, 0) is 36.4 Å². The molecule has 4 N–H and O–H groups in total. The monoisotopic (exact) mass is 871 g/mol. The standard InChI is InChI=1S/C33H48N8O12P2SSi/c1-19(2)29(43)39-32-38-28-25(30(44)40-32)37-18-41(28)31-27(26(23(15-42)50-31)53-57(6,7)33(3,4)5)52-55(56,47-12-8-10-34)48-16-20-13-21(14-22(20)51-54(45)46)49-24-9-11-35-17-36-24/h9,11,17-23,26-27,31,42H,8,12-16H2,1-7H3,(H2-,38,39,40,43,44,45,46)/p+1/t20-,21-,22+,23-,26-,27-,31-,55+/m1/s1. The fraction of sp³-hybridized carbons (Fsp3) is 0.667. The predicted molar refractivity (Wildman–Crippen MR) is 210 cm³/mol. The summed E-state index contributed by atoms with van der Waals surface area (Å²) in [6.07, 6.45) is -0.907. The Morgan fingerprint density at radius 3 is 2.65 bits per heavy atom. The number of nitrogens with zero attached hydrogens (tertiary/aromatic N) is 6. The first-order chi connectivity index (χ1) is 26.8. The van der Waals surface area contributed by atoms with E-state index in [0.29, 0.717) is 12.3 Å². The van der Waals surface area contributed by atoms with Crippen LogP contribution in [0.15, 0.2) is 29.7 Å². The molecule has 5 rings (SSSR count). The van der Waals surface area contributed by atoms with Crippen LogP contribution in [-0.4, -0.2) is 104 Å². The highest BCUT2D eigenvalue weighted by Crippen LogP contribution is 2.56. The summed E-state index contributed by atoms with van der Waals surface area (Å²) in [5.74, 6) is -1.13. The zero-order valence-corrected chi connectivity index (χ0v) is 36.2. The molecule has 3 aromatic heterocycles. The molecule has 1 aliphatic heterocycles. The Hall–Kier alpha value is -3.16. The first kappa shape index (κ1) is 44.9. The summed E-state index contributed by atoms with van der Waals surface area (Å²) in [6, 6.07) is 3.60. The quantitative estimate of drug-likeness (QED) is 0.0791. The van der Waals surface area contributed by atoms with Gasteiger partial charge in [0.1, 0.15) is 36.8 Å². The Kier molecular flexibility index (Phi) is 14.8. The topological polar surface area (TPSA) is 264 Å². The molecule has 1 saturated heterocycles. The van der Waals surface area contributed by atoms with Crippen molar-refractivity contribution in [3.8, 4) is 11.9 Å². The number of carbonyl (C=O) groups excluding carboxylic acids is 1. The molecule has 2 fully saturated rings. The van der Waals surface area contributed by atoms with Crippen LogP contribution in [0.1, 0.15) is 60.1 Å². The molecular weight excluding hydrogens is 823 g/mol. The molecule has 9 atom stereocenters. The molecule has 4 heterocycles. The van der Waals surface area contributed by atoms with Crippen LogP contribution in [0.3, 0.4) is 0 Å². The Labute approximate surface area is 336 Å². The van der Waals surface area contributed by atoms with Crippen molar-refractivity contribution >= 4 is 58.1 Å². The minimum absolute atomic E-state index is 0.0273. The number of amides is 1. The third-order valence-corrected chi connectivity index (χ3v) is 17.3. The summed E-state index contributed by atoms with van der Waals surface area (Å²) >= 11 is 6.02. The highest BCUT2D eigenvalue weighted by Gasteiger charge is 2.54. The van der Waals surface area contributed by atoms with Crippen LogP contribution in [0, 0.1) is 23.2 Å². The Balaban J connectivity index is 1.52. The molecule has 1 saturated carbocycles. The van der Waals surface area contributed by atoms with Crippen LogP contribution in [-0.2, 0) is 48.4 Å². The summed E-state index contributed by atoms with van der Waals surface area (Å²) < 4.78 is 57.0. The van der Waals surface area contributed by atoms with E-state index in [1.807, 2.05) is 39.9 Å². The van der Waals surface area contributed by atoms with Gasteiger partial charge in [-0.15, -0.1) is 9.42 Å². The minimum atomic E-state index is -3.90. The highest BCUT2D eigenvalue weighted by molar-refractivity contribution is 8.07. The number of hydrogen-bond donors (Lipinski definition) is 4. The zero-order chi connectivity index (χ0) is 41.7. The highest BCUT2D eigenvalue weighted by atomic mass is 32.5. The maximum Gasteiger partial charge on any atom is 0.695 e. The van der Waals surface area contributed by atoms with Gasteiger partial charge in [0.25, 0.3) is 5.56 Å². The number of nitrogens with one attached hydrogen (secondary N) is 2. The van der Waals surface area contributed by atoms with E-state index >= 15 is 0 Å². The third-order valence-electron chi connectivity index (χ3n) is 9.99. The number of aliphatic hydroxyl groups excluding tert-OH is 1. The first-order valence-electron chi connectivity index (χ1n) is 18.3. The number of rotatable bonds is 18. The van der Waals surface area contributed by atoms with Crippen LogP contribution in [0.5, 0.6) is 5.88 Å². The van der Waals surface area contributed by atoms with E-state index in [1.165, 1.54) is 23.4 Å². The second-order valence-corrected chi connectivity index (χ2v) is 23.8. The van der Waals surface area contributed by atoms with Crippen molar-refractivity contribution in [2.75, 3.05) is 25.1 Å². The van der Waals surface area contributed by atoms with Crippen LogP contribution < -0.4 is 15.6 Å². The lowest BCUT2D eigenvalue weighted by Gasteiger charge is -2.41. The molecule has 0 radical (unpaired) electrons. The summed E-state index contributed by atoms with van der Waals surface area (Å²) in [5, 5.41) is 22.4. The Morgan fingerprint density at radius 1 is 1.26 bits per heavy atom. The second kappa shape index (κ2) is 18.8. The molecule has 1 aliphatic carbocycles.